The minimum absolute atomic E-state index is 0.0245. The van der Waals surface area contributed by atoms with Crippen molar-refractivity contribution in [2.24, 2.45) is 0 Å². The lowest BCUT2D eigenvalue weighted by Crippen LogP contribution is -2.24. The van der Waals surface area contributed by atoms with Crippen molar-refractivity contribution in [1.29, 1.82) is 0 Å². The van der Waals surface area contributed by atoms with Crippen molar-refractivity contribution in [3.63, 3.8) is 0 Å². The number of hydrogen-bond donors (Lipinski definition) is 1. The molecule has 0 aromatic carbocycles. The number of pyridine rings is 1. The van der Waals surface area contributed by atoms with Crippen LogP contribution >= 0.6 is 11.6 Å². The first-order valence-electron chi connectivity index (χ1n) is 3.79. The number of hydrogen-bond acceptors (Lipinski definition) is 3. The first kappa shape index (κ1) is 11.2. The summed E-state index contributed by atoms with van der Waals surface area (Å²) in [5.74, 6) is 0. The number of nitrogens with zero attached hydrogens (tertiary/aromatic N) is 1. The molecular formula is C8H9ClN2O2S. The van der Waals surface area contributed by atoms with Gasteiger partial charge in [0.2, 0.25) is 10.0 Å². The zero-order chi connectivity index (χ0) is 10.6. The van der Waals surface area contributed by atoms with E-state index in [0.29, 0.717) is 0 Å². The number of rotatable bonds is 4. The maximum absolute atomic E-state index is 11.5. The number of halogens is 1. The van der Waals surface area contributed by atoms with Gasteiger partial charge in [0.1, 0.15) is 10.0 Å². The first-order valence-corrected chi connectivity index (χ1v) is 5.65. The molecular weight excluding hydrogens is 224 g/mol. The summed E-state index contributed by atoms with van der Waals surface area (Å²) < 4.78 is 25.4. The quantitative estimate of drug-likeness (QED) is 0.627. The summed E-state index contributed by atoms with van der Waals surface area (Å²) >= 11 is 5.63. The fourth-order valence-electron chi connectivity index (χ4n) is 0.818. The Labute approximate surface area is 87.7 Å². The maximum Gasteiger partial charge on any atom is 0.243 e. The van der Waals surface area contributed by atoms with Crippen molar-refractivity contribution in [2.75, 3.05) is 6.54 Å². The molecule has 0 radical (unpaired) electrons. The summed E-state index contributed by atoms with van der Waals surface area (Å²) in [6.45, 7) is 3.56. The van der Waals surface area contributed by atoms with E-state index in [1.54, 1.807) is 0 Å². The van der Waals surface area contributed by atoms with Crippen LogP contribution in [0.1, 0.15) is 0 Å². The molecule has 0 fully saturated rings. The van der Waals surface area contributed by atoms with Crippen LogP contribution in [0.5, 0.6) is 0 Å². The van der Waals surface area contributed by atoms with Crippen molar-refractivity contribution in [3.8, 4) is 0 Å². The molecule has 1 aromatic heterocycles. The van der Waals surface area contributed by atoms with Gasteiger partial charge >= 0.3 is 0 Å². The van der Waals surface area contributed by atoms with Crippen LogP contribution in [0.15, 0.2) is 35.9 Å². The Morgan fingerprint density at radius 2 is 2.36 bits per heavy atom. The van der Waals surface area contributed by atoms with Crippen molar-refractivity contribution in [2.45, 2.75) is 4.90 Å². The predicted molar refractivity (Wildman–Crippen MR) is 54.6 cm³/mol. The van der Waals surface area contributed by atoms with Crippen molar-refractivity contribution < 1.29 is 8.42 Å². The molecule has 1 rings (SSSR count). The summed E-state index contributed by atoms with van der Waals surface area (Å²) in [4.78, 5) is 3.65. The SMILES string of the molecule is C=CCNS(=O)(=O)c1cccnc1Cl. The van der Waals surface area contributed by atoms with Crippen LogP contribution in [-0.2, 0) is 10.0 Å². The van der Waals surface area contributed by atoms with Crippen LogP contribution < -0.4 is 4.72 Å². The highest BCUT2D eigenvalue weighted by Gasteiger charge is 2.16. The number of nitrogens with one attached hydrogen (secondary N) is 1. The van der Waals surface area contributed by atoms with Crippen LogP contribution in [0.3, 0.4) is 0 Å². The van der Waals surface area contributed by atoms with Crippen molar-refractivity contribution in [3.05, 3.63) is 36.1 Å². The average Bonchev–Trinajstić information content (AvgIpc) is 2.15. The highest BCUT2D eigenvalue weighted by Crippen LogP contribution is 2.16. The van der Waals surface area contributed by atoms with Crippen LogP contribution in [-0.4, -0.2) is 19.9 Å². The average molecular weight is 233 g/mol. The van der Waals surface area contributed by atoms with E-state index >= 15 is 0 Å². The van der Waals surface area contributed by atoms with Gasteiger partial charge in [0.25, 0.3) is 0 Å². The summed E-state index contributed by atoms with van der Waals surface area (Å²) in [5.41, 5.74) is 0. The fourth-order valence-corrected chi connectivity index (χ4v) is 2.27. The van der Waals surface area contributed by atoms with Gasteiger partial charge in [0.05, 0.1) is 0 Å². The van der Waals surface area contributed by atoms with E-state index in [-0.39, 0.29) is 16.6 Å². The zero-order valence-electron chi connectivity index (χ0n) is 7.27. The van der Waals surface area contributed by atoms with E-state index in [0.717, 1.165) is 0 Å². The minimum Gasteiger partial charge on any atom is -0.243 e. The molecule has 0 aliphatic carbocycles. The van der Waals surface area contributed by atoms with Crippen LogP contribution in [0.4, 0.5) is 0 Å². The Kier molecular flexibility index (Phi) is 3.62. The third kappa shape index (κ3) is 2.54. The standard InChI is InChI=1S/C8H9ClN2O2S/c1-2-5-11-14(12,13)7-4-3-6-10-8(7)9/h2-4,6,11H,1,5H2. The summed E-state index contributed by atoms with van der Waals surface area (Å²) in [5, 5.41) is -0.0379. The van der Waals surface area contributed by atoms with Gasteiger partial charge in [-0.2, -0.15) is 0 Å². The Morgan fingerprint density at radius 1 is 1.64 bits per heavy atom. The lowest BCUT2D eigenvalue weighted by Gasteiger charge is -2.04. The normalized spacial score (nSPS) is 11.2. The van der Waals surface area contributed by atoms with Gasteiger partial charge in [-0.3, -0.25) is 0 Å². The molecule has 0 aliphatic rings. The molecule has 0 unspecified atom stereocenters. The van der Waals surface area contributed by atoms with Gasteiger partial charge in [0, 0.05) is 12.7 Å². The molecule has 1 heterocycles. The predicted octanol–water partition coefficient (Wildman–Crippen LogP) is 1.20. The van der Waals surface area contributed by atoms with Crippen molar-refractivity contribution in [1.82, 2.24) is 9.71 Å². The Balaban J connectivity index is 3.04. The highest BCUT2D eigenvalue weighted by molar-refractivity contribution is 7.89. The van der Waals surface area contributed by atoms with Gasteiger partial charge in [-0.25, -0.2) is 18.1 Å². The molecule has 4 nitrogen and oxygen atoms in total. The lowest BCUT2D eigenvalue weighted by atomic mass is 10.5. The lowest BCUT2D eigenvalue weighted by molar-refractivity contribution is 0.585. The second kappa shape index (κ2) is 4.54. The smallest absolute Gasteiger partial charge is 0.243 e. The second-order valence-corrected chi connectivity index (χ2v) is 4.53. The van der Waals surface area contributed by atoms with Gasteiger partial charge < -0.3 is 0 Å². The maximum atomic E-state index is 11.5. The Morgan fingerprint density at radius 3 is 2.93 bits per heavy atom. The third-order valence-corrected chi connectivity index (χ3v) is 3.30. The van der Waals surface area contributed by atoms with E-state index < -0.39 is 10.0 Å². The molecule has 0 aliphatic heterocycles. The molecule has 14 heavy (non-hydrogen) atoms. The van der Waals surface area contributed by atoms with E-state index in [9.17, 15) is 8.42 Å². The molecule has 6 heteroatoms. The van der Waals surface area contributed by atoms with Crippen LogP contribution in [0, 0.1) is 0 Å². The molecule has 1 N–H and O–H groups in total. The van der Waals surface area contributed by atoms with Crippen LogP contribution in [0.25, 0.3) is 0 Å². The number of aromatic nitrogens is 1. The molecule has 0 saturated carbocycles. The molecule has 0 spiro atoms. The molecule has 0 bridgehead atoms. The van der Waals surface area contributed by atoms with Gasteiger partial charge in [0.15, 0.2) is 0 Å². The molecule has 1 aromatic rings. The van der Waals surface area contributed by atoms with Gasteiger partial charge in [-0.05, 0) is 12.1 Å². The summed E-state index contributed by atoms with van der Waals surface area (Å²) in [7, 11) is -3.57. The Hall–Kier alpha value is -0.910. The van der Waals surface area contributed by atoms with E-state index in [1.165, 1.54) is 24.4 Å². The monoisotopic (exact) mass is 232 g/mol. The van der Waals surface area contributed by atoms with Gasteiger partial charge in [-0.15, -0.1) is 6.58 Å². The minimum atomic E-state index is -3.57. The largest absolute Gasteiger partial charge is 0.243 e. The molecule has 0 amide bonds. The fraction of sp³-hybridized carbons (Fsp3) is 0.125. The van der Waals surface area contributed by atoms with Crippen LogP contribution in [0.2, 0.25) is 5.15 Å². The van der Waals surface area contributed by atoms with E-state index in [2.05, 4.69) is 16.3 Å². The zero-order valence-corrected chi connectivity index (χ0v) is 8.85. The number of sulfonamides is 1. The third-order valence-electron chi connectivity index (χ3n) is 1.43. The topological polar surface area (TPSA) is 59.1 Å². The van der Waals surface area contributed by atoms with E-state index in [4.69, 9.17) is 11.6 Å². The van der Waals surface area contributed by atoms with E-state index in [1.807, 2.05) is 0 Å². The first-order chi connectivity index (χ1) is 6.58. The van der Waals surface area contributed by atoms with Gasteiger partial charge in [-0.1, -0.05) is 17.7 Å². The summed E-state index contributed by atoms with van der Waals surface area (Å²) in [6.07, 6.45) is 2.87. The molecule has 76 valence electrons. The Bertz CT molecular complexity index is 431. The molecule has 0 saturated heterocycles. The molecule has 0 atom stereocenters. The summed E-state index contributed by atoms with van der Waals surface area (Å²) in [6, 6.07) is 2.90. The highest BCUT2D eigenvalue weighted by atomic mass is 35.5. The second-order valence-electron chi connectivity index (χ2n) is 2.43. The van der Waals surface area contributed by atoms with Crippen molar-refractivity contribution >= 4 is 21.6 Å².